The van der Waals surface area contributed by atoms with Gasteiger partial charge in [0, 0.05) is 24.3 Å². The Bertz CT molecular complexity index is 1550. The number of fused-ring (bicyclic) bond motifs is 1. The summed E-state index contributed by atoms with van der Waals surface area (Å²) in [6.45, 7) is 5.71. The zero-order valence-corrected chi connectivity index (χ0v) is 24.9. The number of halogens is 1. The number of alkyl halides is 1. The lowest BCUT2D eigenvalue weighted by molar-refractivity contribution is -0.138. The van der Waals surface area contributed by atoms with Crippen LogP contribution in [0.3, 0.4) is 0 Å². The van der Waals surface area contributed by atoms with Gasteiger partial charge in [-0.1, -0.05) is 64.5 Å². The largest absolute Gasteiger partial charge is 0.444 e. The van der Waals surface area contributed by atoms with Crippen LogP contribution >= 0.6 is 15.9 Å². The van der Waals surface area contributed by atoms with Crippen molar-refractivity contribution in [2.24, 2.45) is 4.99 Å². The van der Waals surface area contributed by atoms with Crippen LogP contribution < -0.4 is 21.3 Å². The molecule has 0 radical (unpaired) electrons. The maximum atomic E-state index is 13.8. The summed E-state index contributed by atoms with van der Waals surface area (Å²) in [6.07, 6.45) is 3.49. The van der Waals surface area contributed by atoms with Crippen molar-refractivity contribution in [1.29, 1.82) is 0 Å². The molecule has 3 aromatic rings. The molecule has 41 heavy (non-hydrogen) atoms. The molecule has 1 saturated heterocycles. The second-order valence-electron chi connectivity index (χ2n) is 11.2. The van der Waals surface area contributed by atoms with Gasteiger partial charge in [-0.3, -0.25) is 14.6 Å². The van der Waals surface area contributed by atoms with Crippen molar-refractivity contribution in [3.63, 3.8) is 0 Å². The summed E-state index contributed by atoms with van der Waals surface area (Å²) < 4.78 is 5.41. The molecule has 2 aliphatic rings. The molecule has 1 aromatic heterocycles. The molecule has 3 N–H and O–H groups in total. The number of amides is 3. The summed E-state index contributed by atoms with van der Waals surface area (Å²) in [5, 5.41) is 7.62. The Morgan fingerprint density at radius 3 is 2.54 bits per heavy atom. The number of ether oxygens (including phenoxy) is 1. The van der Waals surface area contributed by atoms with E-state index in [-0.39, 0.29) is 16.8 Å². The van der Waals surface area contributed by atoms with Crippen LogP contribution in [0.15, 0.2) is 65.7 Å². The maximum Gasteiger partial charge on any atom is 0.408 e. The SMILES string of the molecule is CC(C)(C)OC(=O)N[C@H](C(=O)N1CCC[C@H]1C(=O)Nc1ccc(-c2cc3c([nH]2)=CCC(Br)N=3)cc1)c1ccccc1. The number of aromatic amines is 1. The van der Waals surface area contributed by atoms with Crippen molar-refractivity contribution in [1.82, 2.24) is 15.2 Å². The number of nitrogens with one attached hydrogen (secondary N) is 3. The predicted octanol–water partition coefficient (Wildman–Crippen LogP) is 4.40. The van der Waals surface area contributed by atoms with Crippen LogP contribution in [0, 0.1) is 0 Å². The smallest absolute Gasteiger partial charge is 0.408 e. The second kappa shape index (κ2) is 11.9. The molecule has 1 unspecified atom stereocenters. The quantitative estimate of drug-likeness (QED) is 0.280. The molecule has 2 aromatic carbocycles. The summed E-state index contributed by atoms with van der Waals surface area (Å²) >= 11 is 3.54. The first-order valence-corrected chi connectivity index (χ1v) is 14.7. The number of anilines is 1. The van der Waals surface area contributed by atoms with E-state index in [0.29, 0.717) is 30.6 Å². The normalized spacial score (nSPS) is 18.9. The van der Waals surface area contributed by atoms with Crippen LogP contribution in [-0.2, 0) is 14.3 Å². The van der Waals surface area contributed by atoms with E-state index < -0.39 is 23.8 Å². The van der Waals surface area contributed by atoms with Gasteiger partial charge >= 0.3 is 6.09 Å². The molecule has 0 aliphatic carbocycles. The predicted molar refractivity (Wildman–Crippen MR) is 161 cm³/mol. The van der Waals surface area contributed by atoms with E-state index in [4.69, 9.17) is 4.74 Å². The van der Waals surface area contributed by atoms with E-state index >= 15 is 0 Å². The highest BCUT2D eigenvalue weighted by molar-refractivity contribution is 9.09. The van der Waals surface area contributed by atoms with Crippen molar-refractivity contribution < 1.29 is 19.1 Å². The highest BCUT2D eigenvalue weighted by Crippen LogP contribution is 2.26. The maximum absolute atomic E-state index is 13.8. The average Bonchev–Trinajstić information content (AvgIpc) is 3.59. The zero-order valence-electron chi connectivity index (χ0n) is 23.3. The van der Waals surface area contributed by atoms with Gasteiger partial charge in [0.2, 0.25) is 5.91 Å². The molecular weight excluding hydrogens is 586 g/mol. The molecule has 3 amide bonds. The first-order chi connectivity index (χ1) is 19.6. The van der Waals surface area contributed by atoms with Crippen LogP contribution in [0.4, 0.5) is 10.5 Å². The number of hydrogen-bond donors (Lipinski definition) is 3. The summed E-state index contributed by atoms with van der Waals surface area (Å²) in [4.78, 5) is 49.4. The van der Waals surface area contributed by atoms with Gasteiger partial charge in [0.25, 0.3) is 5.91 Å². The van der Waals surface area contributed by atoms with E-state index in [1.54, 1.807) is 49.9 Å². The minimum Gasteiger partial charge on any atom is -0.444 e. The first-order valence-electron chi connectivity index (χ1n) is 13.7. The van der Waals surface area contributed by atoms with Gasteiger partial charge in [-0.15, -0.1) is 0 Å². The topological polar surface area (TPSA) is 116 Å². The third-order valence-corrected chi connectivity index (χ3v) is 7.54. The van der Waals surface area contributed by atoms with Crippen LogP contribution in [0.5, 0.6) is 0 Å². The summed E-state index contributed by atoms with van der Waals surface area (Å²) in [5.74, 6) is -0.613. The Balaban J connectivity index is 1.29. The molecule has 0 bridgehead atoms. The minimum atomic E-state index is -0.978. The summed E-state index contributed by atoms with van der Waals surface area (Å²) in [5.41, 5.74) is 2.46. The standard InChI is InChI=1S/C31H34BrN5O4/c1-31(2,3)41-30(40)36-27(20-8-5-4-6-9-20)29(39)37-17-7-10-25(37)28(38)33-21-13-11-19(12-14-21)23-18-24-22(34-23)15-16-26(32)35-24/h4-6,8-9,11-15,18,25-27,34H,7,10,16-17H2,1-3H3,(H,33,38)(H,36,40)/t25-,26?,27-/m0/s1. The molecule has 2 aliphatic heterocycles. The third-order valence-electron chi connectivity index (χ3n) is 6.96. The molecule has 0 saturated carbocycles. The number of aromatic nitrogens is 1. The summed E-state index contributed by atoms with van der Waals surface area (Å²) in [6, 6.07) is 16.9. The van der Waals surface area contributed by atoms with Crippen molar-refractivity contribution in [3.8, 4) is 11.3 Å². The van der Waals surface area contributed by atoms with Crippen LogP contribution in [0.1, 0.15) is 51.6 Å². The Labute approximate surface area is 247 Å². The van der Waals surface area contributed by atoms with E-state index in [9.17, 15) is 14.4 Å². The molecule has 214 valence electrons. The van der Waals surface area contributed by atoms with Crippen LogP contribution in [0.25, 0.3) is 17.3 Å². The molecular formula is C31H34BrN5O4. The third kappa shape index (κ3) is 6.87. The minimum absolute atomic E-state index is 0.0920. The average molecular weight is 621 g/mol. The van der Waals surface area contributed by atoms with E-state index in [0.717, 1.165) is 28.4 Å². The molecule has 3 heterocycles. The van der Waals surface area contributed by atoms with Crippen LogP contribution in [-0.4, -0.2) is 50.9 Å². The first kappa shape index (κ1) is 28.6. The van der Waals surface area contributed by atoms with Crippen molar-refractivity contribution >= 4 is 45.6 Å². The molecule has 0 spiro atoms. The fraction of sp³-hybridized carbons (Fsp3) is 0.355. The van der Waals surface area contributed by atoms with Gasteiger partial charge in [0.1, 0.15) is 22.6 Å². The van der Waals surface area contributed by atoms with Gasteiger partial charge in [0.15, 0.2) is 0 Å². The fourth-order valence-corrected chi connectivity index (χ4v) is 5.49. The van der Waals surface area contributed by atoms with Gasteiger partial charge in [-0.05, 0) is 62.9 Å². The molecule has 10 heteroatoms. The molecule has 1 fully saturated rings. The van der Waals surface area contributed by atoms with Gasteiger partial charge in [-0.2, -0.15) is 0 Å². The number of carbonyl (C=O) groups excluding carboxylic acids is 3. The Kier molecular flexibility index (Phi) is 8.30. The number of rotatable bonds is 6. The highest BCUT2D eigenvalue weighted by Gasteiger charge is 2.38. The fourth-order valence-electron chi connectivity index (χ4n) is 5.08. The number of carbonyl (C=O) groups is 3. The van der Waals surface area contributed by atoms with Crippen LogP contribution in [0.2, 0.25) is 0 Å². The Morgan fingerprint density at radius 2 is 1.83 bits per heavy atom. The van der Waals surface area contributed by atoms with E-state index in [2.05, 4.69) is 42.6 Å². The number of alkyl carbamates (subject to hydrolysis) is 1. The number of benzene rings is 2. The lowest BCUT2D eigenvalue weighted by atomic mass is 10.0. The molecule has 5 rings (SSSR count). The monoisotopic (exact) mass is 619 g/mol. The highest BCUT2D eigenvalue weighted by atomic mass is 79.9. The zero-order chi connectivity index (χ0) is 29.1. The Hall–Kier alpha value is -3.92. The number of H-pyrrole nitrogens is 1. The lowest BCUT2D eigenvalue weighted by Gasteiger charge is -2.29. The second-order valence-corrected chi connectivity index (χ2v) is 12.3. The lowest BCUT2D eigenvalue weighted by Crippen LogP contribution is -2.49. The van der Waals surface area contributed by atoms with Gasteiger partial charge in [0.05, 0.1) is 10.7 Å². The number of likely N-dealkylation sites (tertiary alicyclic amines) is 1. The van der Waals surface area contributed by atoms with Gasteiger partial charge in [-0.25, -0.2) is 4.79 Å². The molecule has 9 nitrogen and oxygen atoms in total. The van der Waals surface area contributed by atoms with Crippen molar-refractivity contribution in [2.75, 3.05) is 11.9 Å². The number of nitrogens with zero attached hydrogens (tertiary/aromatic N) is 2. The molecule has 3 atom stereocenters. The van der Waals surface area contributed by atoms with Crippen molar-refractivity contribution in [2.45, 2.75) is 62.7 Å². The Morgan fingerprint density at radius 1 is 1.10 bits per heavy atom. The summed E-state index contributed by atoms with van der Waals surface area (Å²) in [7, 11) is 0. The van der Waals surface area contributed by atoms with Gasteiger partial charge < -0.3 is 25.3 Å². The van der Waals surface area contributed by atoms with E-state index in [1.165, 1.54) is 0 Å². The van der Waals surface area contributed by atoms with Crippen molar-refractivity contribution in [3.05, 3.63) is 76.9 Å². The van der Waals surface area contributed by atoms with E-state index in [1.807, 2.05) is 36.4 Å². The number of hydrogen-bond acceptors (Lipinski definition) is 5.